The number of benzene rings is 1. The number of nitrogens with zero attached hydrogens (tertiary/aromatic N) is 1. The molecule has 5 nitrogen and oxygen atoms in total. The fourth-order valence-electron chi connectivity index (χ4n) is 2.15. The lowest BCUT2D eigenvalue weighted by Crippen LogP contribution is -2.39. The summed E-state index contributed by atoms with van der Waals surface area (Å²) in [6.07, 6.45) is 2.04. The third-order valence-corrected chi connectivity index (χ3v) is 5.04. The van der Waals surface area contributed by atoms with Crippen LogP contribution < -0.4 is 5.32 Å². The van der Waals surface area contributed by atoms with Crippen molar-refractivity contribution in [2.24, 2.45) is 0 Å². The molecule has 1 fully saturated rings. The van der Waals surface area contributed by atoms with E-state index < -0.39 is 9.84 Å². The predicted octanol–water partition coefficient (Wildman–Crippen LogP) is 1.10. The first-order valence-corrected chi connectivity index (χ1v) is 8.31. The average molecular weight is 294 g/mol. The molecule has 0 aliphatic carbocycles. The summed E-state index contributed by atoms with van der Waals surface area (Å²) in [6.45, 7) is 1.86. The highest BCUT2D eigenvalue weighted by Gasteiger charge is 2.17. The molecule has 1 N–H and O–H groups in total. The molecule has 20 heavy (non-hydrogen) atoms. The number of nitriles is 1. The van der Waals surface area contributed by atoms with Crippen LogP contribution in [0.5, 0.6) is 0 Å². The summed E-state index contributed by atoms with van der Waals surface area (Å²) in [7, 11) is -3.30. The highest BCUT2D eigenvalue weighted by atomic mass is 32.2. The van der Waals surface area contributed by atoms with Crippen molar-refractivity contribution >= 4 is 9.84 Å². The second-order valence-corrected chi connectivity index (χ2v) is 6.93. The minimum absolute atomic E-state index is 0.0510. The summed E-state index contributed by atoms with van der Waals surface area (Å²) in [5, 5.41) is 11.9. The smallest absolute Gasteiger partial charge is 0.179 e. The number of nitrogens with one attached hydrogen (secondary N) is 1. The van der Waals surface area contributed by atoms with Gasteiger partial charge in [-0.3, -0.25) is 0 Å². The van der Waals surface area contributed by atoms with E-state index in [4.69, 9.17) is 10.00 Å². The summed E-state index contributed by atoms with van der Waals surface area (Å²) < 4.78 is 29.6. The van der Waals surface area contributed by atoms with E-state index in [1.165, 1.54) is 24.3 Å². The number of rotatable bonds is 5. The molecule has 0 radical (unpaired) electrons. The number of ether oxygens (including phenoxy) is 1. The molecule has 0 saturated carbocycles. The van der Waals surface area contributed by atoms with Gasteiger partial charge in [0.15, 0.2) is 9.84 Å². The summed E-state index contributed by atoms with van der Waals surface area (Å²) in [5.74, 6) is 0.0510. The van der Waals surface area contributed by atoms with Crippen LogP contribution in [-0.4, -0.2) is 40.0 Å². The van der Waals surface area contributed by atoms with E-state index in [-0.39, 0.29) is 16.7 Å². The third-order valence-electron chi connectivity index (χ3n) is 3.31. The molecule has 1 aromatic rings. The van der Waals surface area contributed by atoms with Gasteiger partial charge in [0.25, 0.3) is 0 Å². The van der Waals surface area contributed by atoms with Crippen molar-refractivity contribution in [2.75, 3.05) is 25.5 Å². The quantitative estimate of drug-likeness (QED) is 0.879. The number of sulfone groups is 1. The van der Waals surface area contributed by atoms with Crippen LogP contribution in [-0.2, 0) is 14.6 Å². The van der Waals surface area contributed by atoms with Gasteiger partial charge in [-0.15, -0.1) is 0 Å². The summed E-state index contributed by atoms with van der Waals surface area (Å²) in [4.78, 5) is 0.262. The first-order valence-electron chi connectivity index (χ1n) is 6.66. The lowest BCUT2D eigenvalue weighted by Gasteiger charge is -2.23. The summed E-state index contributed by atoms with van der Waals surface area (Å²) >= 11 is 0. The van der Waals surface area contributed by atoms with Crippen LogP contribution in [0.3, 0.4) is 0 Å². The van der Waals surface area contributed by atoms with Gasteiger partial charge in [0, 0.05) is 19.2 Å². The van der Waals surface area contributed by atoms with Crippen LogP contribution in [0.25, 0.3) is 0 Å². The minimum Gasteiger partial charge on any atom is -0.380 e. The zero-order valence-electron chi connectivity index (χ0n) is 11.2. The Morgan fingerprint density at radius 2 is 2.10 bits per heavy atom. The van der Waals surface area contributed by atoms with Crippen molar-refractivity contribution in [3.05, 3.63) is 29.8 Å². The molecular weight excluding hydrogens is 276 g/mol. The molecule has 1 aromatic carbocycles. The Balaban J connectivity index is 1.88. The van der Waals surface area contributed by atoms with Gasteiger partial charge in [0.2, 0.25) is 0 Å². The summed E-state index contributed by atoms with van der Waals surface area (Å²) in [6, 6.07) is 8.23. The Kier molecular flexibility index (Phi) is 5.12. The van der Waals surface area contributed by atoms with Crippen LogP contribution in [0.1, 0.15) is 18.4 Å². The molecule has 0 amide bonds. The van der Waals surface area contributed by atoms with Gasteiger partial charge in [-0.2, -0.15) is 5.26 Å². The van der Waals surface area contributed by atoms with Crippen molar-refractivity contribution < 1.29 is 13.2 Å². The molecule has 1 heterocycles. The Hall–Kier alpha value is -1.42. The Bertz CT molecular complexity index is 569. The van der Waals surface area contributed by atoms with Crippen molar-refractivity contribution in [2.45, 2.75) is 23.8 Å². The Morgan fingerprint density at radius 3 is 2.70 bits per heavy atom. The van der Waals surface area contributed by atoms with Crippen LogP contribution in [0.2, 0.25) is 0 Å². The fourth-order valence-corrected chi connectivity index (χ4v) is 3.33. The zero-order valence-corrected chi connectivity index (χ0v) is 12.0. The molecule has 1 unspecified atom stereocenters. The minimum atomic E-state index is -3.30. The monoisotopic (exact) mass is 294 g/mol. The lowest BCUT2D eigenvalue weighted by atomic mass is 10.1. The summed E-state index contributed by atoms with van der Waals surface area (Å²) in [5.41, 5.74) is 0.460. The lowest BCUT2D eigenvalue weighted by molar-refractivity contribution is 0.0712. The molecule has 1 saturated heterocycles. The normalized spacial score (nSPS) is 19.4. The van der Waals surface area contributed by atoms with E-state index in [0.29, 0.717) is 18.7 Å². The molecule has 2 rings (SSSR count). The van der Waals surface area contributed by atoms with E-state index in [1.54, 1.807) is 0 Å². The van der Waals surface area contributed by atoms with E-state index >= 15 is 0 Å². The first-order chi connectivity index (χ1) is 9.62. The topological polar surface area (TPSA) is 79.2 Å². The van der Waals surface area contributed by atoms with Gasteiger partial charge in [-0.05, 0) is 37.1 Å². The van der Waals surface area contributed by atoms with Gasteiger partial charge in [0.05, 0.1) is 28.9 Å². The number of hydrogen-bond donors (Lipinski definition) is 1. The van der Waals surface area contributed by atoms with Crippen molar-refractivity contribution in [3.63, 3.8) is 0 Å². The van der Waals surface area contributed by atoms with Crippen LogP contribution in [0.4, 0.5) is 0 Å². The highest BCUT2D eigenvalue weighted by molar-refractivity contribution is 7.91. The van der Waals surface area contributed by atoms with Gasteiger partial charge < -0.3 is 10.1 Å². The van der Waals surface area contributed by atoms with Gasteiger partial charge >= 0.3 is 0 Å². The van der Waals surface area contributed by atoms with Crippen molar-refractivity contribution in [3.8, 4) is 6.07 Å². The molecule has 1 aliphatic rings. The maximum Gasteiger partial charge on any atom is 0.179 e. The van der Waals surface area contributed by atoms with Crippen LogP contribution in [0.15, 0.2) is 29.2 Å². The van der Waals surface area contributed by atoms with Gasteiger partial charge in [-0.25, -0.2) is 8.42 Å². The molecular formula is C14H18N2O3S. The van der Waals surface area contributed by atoms with E-state index in [9.17, 15) is 8.42 Å². The molecule has 0 aromatic heterocycles. The SMILES string of the molecule is N#Cc1ccc(S(=O)(=O)CCNC2CCCOC2)cc1. The van der Waals surface area contributed by atoms with Crippen molar-refractivity contribution in [1.29, 1.82) is 5.26 Å². The van der Waals surface area contributed by atoms with Crippen LogP contribution >= 0.6 is 0 Å². The molecule has 6 heteroatoms. The standard InChI is InChI=1S/C14H18N2O3S/c15-10-12-3-5-14(6-4-12)20(17,18)9-7-16-13-2-1-8-19-11-13/h3-6,13,16H,1-2,7-9,11H2. The van der Waals surface area contributed by atoms with Crippen molar-refractivity contribution in [1.82, 2.24) is 5.32 Å². The second kappa shape index (κ2) is 6.84. The molecule has 0 spiro atoms. The van der Waals surface area contributed by atoms with Gasteiger partial charge in [0.1, 0.15) is 0 Å². The van der Waals surface area contributed by atoms with E-state index in [0.717, 1.165) is 19.4 Å². The third kappa shape index (κ3) is 4.04. The number of hydrogen-bond acceptors (Lipinski definition) is 5. The predicted molar refractivity (Wildman–Crippen MR) is 75.1 cm³/mol. The average Bonchev–Trinajstić information content (AvgIpc) is 2.48. The van der Waals surface area contributed by atoms with E-state index in [1.807, 2.05) is 6.07 Å². The first kappa shape index (κ1) is 15.0. The van der Waals surface area contributed by atoms with Gasteiger partial charge in [-0.1, -0.05) is 0 Å². The largest absolute Gasteiger partial charge is 0.380 e. The molecule has 1 atom stereocenters. The molecule has 0 bridgehead atoms. The maximum atomic E-state index is 12.1. The van der Waals surface area contributed by atoms with E-state index in [2.05, 4.69) is 5.32 Å². The zero-order chi connectivity index (χ0) is 14.4. The Morgan fingerprint density at radius 1 is 1.35 bits per heavy atom. The second-order valence-electron chi connectivity index (χ2n) is 4.82. The fraction of sp³-hybridized carbons (Fsp3) is 0.500. The maximum absolute atomic E-state index is 12.1. The Labute approximate surface area is 119 Å². The molecule has 1 aliphatic heterocycles. The van der Waals surface area contributed by atoms with Crippen LogP contribution in [0, 0.1) is 11.3 Å². The molecule has 108 valence electrons. The highest BCUT2D eigenvalue weighted by Crippen LogP contribution is 2.12.